The number of ether oxygens (including phenoxy) is 1. The second-order valence-electron chi connectivity index (χ2n) is 6.22. The molecule has 2 amide bonds. The highest BCUT2D eigenvalue weighted by Crippen LogP contribution is 2.21. The topological polar surface area (TPSA) is 71.9 Å². The van der Waals surface area contributed by atoms with Crippen LogP contribution in [0.4, 0.5) is 14.5 Å². The second kappa shape index (κ2) is 10.0. The summed E-state index contributed by atoms with van der Waals surface area (Å²) >= 11 is 6.00. The minimum atomic E-state index is -1.07. The lowest BCUT2D eigenvalue weighted by Crippen LogP contribution is -3.08. The van der Waals surface area contributed by atoms with Crippen LogP contribution in [0.15, 0.2) is 36.4 Å². The van der Waals surface area contributed by atoms with Crippen molar-refractivity contribution in [2.75, 3.05) is 32.6 Å². The summed E-state index contributed by atoms with van der Waals surface area (Å²) in [5, 5.41) is 5.44. The van der Waals surface area contributed by atoms with E-state index in [0.717, 1.165) is 22.6 Å². The van der Waals surface area contributed by atoms with Gasteiger partial charge in [-0.15, -0.1) is 0 Å². The number of anilines is 1. The number of quaternary nitrogens is 1. The summed E-state index contributed by atoms with van der Waals surface area (Å²) < 4.78 is 31.3. The van der Waals surface area contributed by atoms with Crippen molar-refractivity contribution in [3.05, 3.63) is 58.6 Å². The Morgan fingerprint density at radius 2 is 1.86 bits per heavy atom. The van der Waals surface area contributed by atoms with Gasteiger partial charge in [-0.25, -0.2) is 8.78 Å². The monoisotopic (exact) mass is 412 g/mol. The van der Waals surface area contributed by atoms with Gasteiger partial charge in [-0.2, -0.15) is 0 Å². The molecule has 0 bridgehead atoms. The molecule has 150 valence electrons. The molecule has 0 saturated heterocycles. The highest BCUT2D eigenvalue weighted by atomic mass is 35.5. The normalized spacial score (nSPS) is 11.6. The molecule has 0 aromatic heterocycles. The molecule has 3 N–H and O–H groups in total. The molecule has 1 atom stereocenters. The van der Waals surface area contributed by atoms with E-state index in [9.17, 15) is 18.4 Å². The molecule has 2 aromatic carbocycles. The van der Waals surface area contributed by atoms with Gasteiger partial charge in [0.25, 0.3) is 5.91 Å². The number of amides is 2. The number of carbonyl (C=O) groups is 2. The number of methoxy groups -OCH3 is 1. The van der Waals surface area contributed by atoms with Crippen molar-refractivity contribution in [3.8, 4) is 5.75 Å². The van der Waals surface area contributed by atoms with E-state index < -0.39 is 17.5 Å². The molecule has 6 nitrogen and oxygen atoms in total. The number of halogens is 3. The van der Waals surface area contributed by atoms with Crippen LogP contribution in [0.1, 0.15) is 5.56 Å². The zero-order chi connectivity index (χ0) is 20.7. The Hall–Kier alpha value is -2.71. The van der Waals surface area contributed by atoms with E-state index in [-0.39, 0.29) is 24.7 Å². The van der Waals surface area contributed by atoms with Gasteiger partial charge >= 0.3 is 0 Å². The molecule has 0 heterocycles. The van der Waals surface area contributed by atoms with Crippen molar-refractivity contribution >= 4 is 29.1 Å². The quantitative estimate of drug-likeness (QED) is 0.613. The lowest BCUT2D eigenvalue weighted by atomic mass is 10.2. The molecule has 0 aliphatic heterocycles. The zero-order valence-corrected chi connectivity index (χ0v) is 16.2. The van der Waals surface area contributed by atoms with Gasteiger partial charge in [-0.3, -0.25) is 9.59 Å². The molecule has 0 saturated carbocycles. The van der Waals surface area contributed by atoms with Gasteiger partial charge in [0.05, 0.1) is 20.7 Å². The maximum absolute atomic E-state index is 13.1. The Balaban J connectivity index is 1.80. The van der Waals surface area contributed by atoms with E-state index >= 15 is 0 Å². The Morgan fingerprint density at radius 1 is 1.11 bits per heavy atom. The molecule has 2 rings (SSSR count). The predicted octanol–water partition coefficient (Wildman–Crippen LogP) is 1.40. The first kappa shape index (κ1) is 21.6. The molecule has 0 fully saturated rings. The van der Waals surface area contributed by atoms with E-state index in [1.54, 1.807) is 25.3 Å². The van der Waals surface area contributed by atoms with Crippen LogP contribution in [0.25, 0.3) is 0 Å². The molecule has 28 heavy (non-hydrogen) atoms. The van der Waals surface area contributed by atoms with E-state index in [2.05, 4.69) is 10.6 Å². The van der Waals surface area contributed by atoms with Gasteiger partial charge < -0.3 is 20.3 Å². The molecule has 0 radical (unpaired) electrons. The minimum absolute atomic E-state index is 0.106. The molecular weight excluding hydrogens is 392 g/mol. The third kappa shape index (κ3) is 6.47. The maximum Gasteiger partial charge on any atom is 0.275 e. The van der Waals surface area contributed by atoms with Gasteiger partial charge in [-0.05, 0) is 30.3 Å². The van der Waals surface area contributed by atoms with Gasteiger partial charge in [0, 0.05) is 22.3 Å². The van der Waals surface area contributed by atoms with Crippen molar-refractivity contribution in [3.63, 3.8) is 0 Å². The van der Waals surface area contributed by atoms with Gasteiger partial charge in [-0.1, -0.05) is 11.6 Å². The summed E-state index contributed by atoms with van der Waals surface area (Å²) in [5.74, 6) is -2.28. The highest BCUT2D eigenvalue weighted by Gasteiger charge is 2.15. The van der Waals surface area contributed by atoms with Crippen LogP contribution in [-0.4, -0.2) is 39.1 Å². The van der Waals surface area contributed by atoms with Crippen LogP contribution < -0.4 is 20.3 Å². The standard InChI is InChI=1S/C19H20ClF2N3O3/c1-25(10-12-7-13(20)3-6-17(12)28-2)11-19(27)23-9-18(26)24-14-4-5-15(21)16(22)8-14/h3-8H,9-11H2,1-2H3,(H,23,27)(H,24,26)/p+1. The number of nitrogens with one attached hydrogen (secondary N) is 3. The first-order valence-electron chi connectivity index (χ1n) is 8.43. The van der Waals surface area contributed by atoms with E-state index in [0.29, 0.717) is 17.3 Å². The third-order valence-electron chi connectivity index (χ3n) is 3.85. The first-order chi connectivity index (χ1) is 13.3. The smallest absolute Gasteiger partial charge is 0.275 e. The molecule has 0 aliphatic rings. The summed E-state index contributed by atoms with van der Waals surface area (Å²) in [7, 11) is 3.38. The first-order valence-corrected chi connectivity index (χ1v) is 8.81. The fraction of sp³-hybridized carbons (Fsp3) is 0.263. The Morgan fingerprint density at radius 3 is 2.54 bits per heavy atom. The molecular formula is C19H21ClF2N3O3+. The fourth-order valence-corrected chi connectivity index (χ4v) is 2.76. The molecule has 2 aromatic rings. The Bertz CT molecular complexity index is 864. The minimum Gasteiger partial charge on any atom is -0.496 e. The van der Waals surface area contributed by atoms with Crippen LogP contribution >= 0.6 is 11.6 Å². The van der Waals surface area contributed by atoms with Gasteiger partial charge in [0.1, 0.15) is 12.3 Å². The van der Waals surface area contributed by atoms with Gasteiger partial charge in [0.15, 0.2) is 18.2 Å². The predicted molar refractivity (Wildman–Crippen MR) is 101 cm³/mol. The van der Waals surface area contributed by atoms with Crippen molar-refractivity contribution in [1.29, 1.82) is 0 Å². The summed E-state index contributed by atoms with van der Waals surface area (Å²) in [5.41, 5.74) is 0.963. The SMILES string of the molecule is COc1ccc(Cl)cc1C[NH+](C)CC(=O)NCC(=O)Nc1ccc(F)c(F)c1. The molecule has 1 unspecified atom stereocenters. The number of hydrogen-bond donors (Lipinski definition) is 3. The lowest BCUT2D eigenvalue weighted by Gasteiger charge is -2.16. The van der Waals surface area contributed by atoms with Crippen LogP contribution in [0.3, 0.4) is 0 Å². The Kier molecular flexibility index (Phi) is 7.71. The largest absolute Gasteiger partial charge is 0.496 e. The van der Waals surface area contributed by atoms with E-state index in [4.69, 9.17) is 16.3 Å². The summed E-state index contributed by atoms with van der Waals surface area (Å²) in [4.78, 5) is 24.7. The lowest BCUT2D eigenvalue weighted by molar-refractivity contribution is -0.885. The number of benzene rings is 2. The van der Waals surface area contributed by atoms with Crippen molar-refractivity contribution in [2.45, 2.75) is 6.54 Å². The van der Waals surface area contributed by atoms with Crippen LogP contribution in [0.2, 0.25) is 5.02 Å². The molecule has 9 heteroatoms. The van der Waals surface area contributed by atoms with Crippen molar-refractivity contribution in [2.24, 2.45) is 0 Å². The average Bonchev–Trinajstić information content (AvgIpc) is 2.63. The van der Waals surface area contributed by atoms with Crippen LogP contribution in [0, 0.1) is 11.6 Å². The summed E-state index contributed by atoms with van der Waals surface area (Å²) in [6, 6.07) is 8.26. The zero-order valence-electron chi connectivity index (χ0n) is 15.4. The molecule has 0 aliphatic carbocycles. The number of rotatable bonds is 8. The van der Waals surface area contributed by atoms with Crippen molar-refractivity contribution in [1.82, 2.24) is 5.32 Å². The fourth-order valence-electron chi connectivity index (χ4n) is 2.57. The third-order valence-corrected chi connectivity index (χ3v) is 4.08. The summed E-state index contributed by atoms with van der Waals surface area (Å²) in [6.45, 7) is 0.331. The van der Waals surface area contributed by atoms with Crippen LogP contribution in [-0.2, 0) is 16.1 Å². The molecule has 0 spiro atoms. The van der Waals surface area contributed by atoms with E-state index in [1.807, 2.05) is 7.05 Å². The Labute approximate surface area is 166 Å². The van der Waals surface area contributed by atoms with Crippen LogP contribution in [0.5, 0.6) is 5.75 Å². The number of likely N-dealkylation sites (N-methyl/N-ethyl adjacent to an activating group) is 1. The van der Waals surface area contributed by atoms with Crippen molar-refractivity contribution < 1.29 is 28.0 Å². The van der Waals surface area contributed by atoms with Gasteiger partial charge in [0.2, 0.25) is 5.91 Å². The second-order valence-corrected chi connectivity index (χ2v) is 6.66. The number of carbonyl (C=O) groups excluding carboxylic acids is 2. The average molecular weight is 413 g/mol. The highest BCUT2D eigenvalue weighted by molar-refractivity contribution is 6.30. The number of hydrogen-bond acceptors (Lipinski definition) is 3. The summed E-state index contributed by atoms with van der Waals surface area (Å²) in [6.07, 6.45) is 0. The van der Waals surface area contributed by atoms with E-state index in [1.165, 1.54) is 6.07 Å². The maximum atomic E-state index is 13.1.